The van der Waals surface area contributed by atoms with Crippen LogP contribution >= 0.6 is 11.3 Å². The zero-order valence-corrected chi connectivity index (χ0v) is 11.1. The van der Waals surface area contributed by atoms with E-state index < -0.39 is 0 Å². The minimum atomic E-state index is 0.0769. The van der Waals surface area contributed by atoms with Crippen molar-refractivity contribution < 1.29 is 4.79 Å². The predicted octanol–water partition coefficient (Wildman–Crippen LogP) is 0.532. The Balaban J connectivity index is 1.70. The molecule has 3 rings (SSSR count). The lowest BCUT2D eigenvalue weighted by Gasteiger charge is -2.25. The average molecular weight is 275 g/mol. The highest BCUT2D eigenvalue weighted by molar-refractivity contribution is 7.13. The first-order chi connectivity index (χ1) is 9.31. The lowest BCUT2D eigenvalue weighted by atomic mass is 10.3. The van der Waals surface area contributed by atoms with Crippen LogP contribution < -0.4 is 5.32 Å². The number of carbonyl (C=O) groups is 1. The third kappa shape index (κ3) is 2.94. The molecule has 0 unspecified atom stereocenters. The van der Waals surface area contributed by atoms with E-state index in [9.17, 15) is 4.79 Å². The molecule has 1 N–H and O–H groups in total. The van der Waals surface area contributed by atoms with Gasteiger partial charge in [0.1, 0.15) is 0 Å². The van der Waals surface area contributed by atoms with E-state index in [4.69, 9.17) is 0 Å². The molecule has 2 aromatic rings. The number of thiazole rings is 1. The van der Waals surface area contributed by atoms with Gasteiger partial charge in [0, 0.05) is 37.4 Å². The molecular weight excluding hydrogens is 262 g/mol. The lowest BCUT2D eigenvalue weighted by molar-refractivity contribution is -0.124. The van der Waals surface area contributed by atoms with Gasteiger partial charge in [-0.25, -0.2) is 15.0 Å². The molecule has 98 valence electrons. The molecule has 1 saturated heterocycles. The molecule has 0 saturated carbocycles. The highest BCUT2D eigenvalue weighted by atomic mass is 32.1. The van der Waals surface area contributed by atoms with E-state index in [1.165, 1.54) is 11.3 Å². The van der Waals surface area contributed by atoms with Crippen molar-refractivity contribution in [2.75, 3.05) is 19.6 Å². The Bertz CT molecular complexity index is 571. The summed E-state index contributed by atoms with van der Waals surface area (Å²) in [6.07, 6.45) is 3.41. The third-order valence-electron chi connectivity index (χ3n) is 2.81. The number of nitrogens with one attached hydrogen (secondary N) is 1. The number of aromatic nitrogens is 3. The molecule has 3 heterocycles. The van der Waals surface area contributed by atoms with Crippen LogP contribution in [0.15, 0.2) is 23.8 Å². The van der Waals surface area contributed by atoms with E-state index in [1.807, 2.05) is 5.38 Å². The summed E-state index contributed by atoms with van der Waals surface area (Å²) in [5.74, 6) is 0.725. The van der Waals surface area contributed by atoms with E-state index in [1.54, 1.807) is 18.5 Å². The fraction of sp³-hybridized carbons (Fsp3) is 0.333. The summed E-state index contributed by atoms with van der Waals surface area (Å²) in [5.41, 5.74) is 0.960. The minimum absolute atomic E-state index is 0.0769. The number of hydrogen-bond donors (Lipinski definition) is 1. The van der Waals surface area contributed by atoms with Gasteiger partial charge in [0.15, 0.2) is 10.8 Å². The maximum absolute atomic E-state index is 11.3. The summed E-state index contributed by atoms with van der Waals surface area (Å²) < 4.78 is 0. The molecule has 0 aliphatic carbocycles. The van der Waals surface area contributed by atoms with Crippen molar-refractivity contribution in [1.29, 1.82) is 0 Å². The summed E-state index contributed by atoms with van der Waals surface area (Å²) in [5, 5.41) is 5.63. The summed E-state index contributed by atoms with van der Waals surface area (Å²) in [6.45, 7) is 2.70. The maximum Gasteiger partial charge on any atom is 0.234 e. The first kappa shape index (κ1) is 12.2. The number of nitrogens with zero attached hydrogens (tertiary/aromatic N) is 4. The highest BCUT2D eigenvalue weighted by Gasteiger charge is 2.17. The van der Waals surface area contributed by atoms with E-state index in [2.05, 4.69) is 25.2 Å². The fourth-order valence-electron chi connectivity index (χ4n) is 1.95. The zero-order valence-electron chi connectivity index (χ0n) is 10.2. The van der Waals surface area contributed by atoms with Gasteiger partial charge in [0.05, 0.1) is 12.2 Å². The fourth-order valence-corrected chi connectivity index (χ4v) is 2.70. The van der Waals surface area contributed by atoms with Crippen molar-refractivity contribution in [2.45, 2.75) is 6.54 Å². The molecule has 7 heteroatoms. The first-order valence-corrected chi connectivity index (χ1v) is 6.90. The average Bonchev–Trinajstić information content (AvgIpc) is 2.88. The van der Waals surface area contributed by atoms with Crippen molar-refractivity contribution in [3.05, 3.63) is 29.5 Å². The molecular formula is C12H13N5OS. The summed E-state index contributed by atoms with van der Waals surface area (Å²) in [6, 6.07) is 1.78. The highest BCUT2D eigenvalue weighted by Crippen LogP contribution is 2.20. The molecule has 2 aromatic heterocycles. The van der Waals surface area contributed by atoms with Gasteiger partial charge in [-0.1, -0.05) is 0 Å². The molecule has 1 fully saturated rings. The maximum atomic E-state index is 11.3. The van der Waals surface area contributed by atoms with E-state index in [0.29, 0.717) is 25.5 Å². The van der Waals surface area contributed by atoms with Gasteiger partial charge in [-0.05, 0) is 6.07 Å². The van der Waals surface area contributed by atoms with Gasteiger partial charge in [0.2, 0.25) is 5.91 Å². The first-order valence-electron chi connectivity index (χ1n) is 6.02. The van der Waals surface area contributed by atoms with Crippen molar-refractivity contribution >= 4 is 17.2 Å². The van der Waals surface area contributed by atoms with Crippen LogP contribution in [-0.2, 0) is 11.3 Å². The Labute approximate surface area is 114 Å². The summed E-state index contributed by atoms with van der Waals surface area (Å²) in [4.78, 5) is 26.3. The van der Waals surface area contributed by atoms with Crippen LogP contribution in [-0.4, -0.2) is 45.4 Å². The molecule has 0 spiro atoms. The van der Waals surface area contributed by atoms with Gasteiger partial charge in [-0.2, -0.15) is 0 Å². The second-order valence-electron chi connectivity index (χ2n) is 4.28. The van der Waals surface area contributed by atoms with Crippen LogP contribution in [0.5, 0.6) is 0 Å². The topological polar surface area (TPSA) is 71.0 Å². The minimum Gasteiger partial charge on any atom is -0.354 e. The van der Waals surface area contributed by atoms with Gasteiger partial charge in [-0.3, -0.25) is 9.69 Å². The zero-order chi connectivity index (χ0) is 13.1. The molecule has 19 heavy (non-hydrogen) atoms. The molecule has 0 aromatic carbocycles. The van der Waals surface area contributed by atoms with Gasteiger partial charge >= 0.3 is 0 Å². The monoisotopic (exact) mass is 275 g/mol. The smallest absolute Gasteiger partial charge is 0.234 e. The normalized spacial score (nSPS) is 16.3. The molecule has 6 nitrogen and oxygen atoms in total. The van der Waals surface area contributed by atoms with Crippen LogP contribution in [0.3, 0.4) is 0 Å². The number of piperazine rings is 1. The second-order valence-corrected chi connectivity index (χ2v) is 5.14. The van der Waals surface area contributed by atoms with Crippen LogP contribution in [0.2, 0.25) is 0 Å². The van der Waals surface area contributed by atoms with Crippen LogP contribution in [0.4, 0.5) is 0 Å². The van der Waals surface area contributed by atoms with E-state index in [-0.39, 0.29) is 5.91 Å². The quantitative estimate of drug-likeness (QED) is 0.885. The Morgan fingerprint density at radius 3 is 3.00 bits per heavy atom. The van der Waals surface area contributed by atoms with Crippen molar-refractivity contribution in [3.63, 3.8) is 0 Å². The van der Waals surface area contributed by atoms with E-state index in [0.717, 1.165) is 17.2 Å². The number of amides is 1. The predicted molar refractivity (Wildman–Crippen MR) is 71.4 cm³/mol. The number of carbonyl (C=O) groups excluding carboxylic acids is 1. The largest absolute Gasteiger partial charge is 0.354 e. The molecule has 0 atom stereocenters. The third-order valence-corrected chi connectivity index (χ3v) is 3.70. The second kappa shape index (κ2) is 5.41. The van der Waals surface area contributed by atoms with Crippen molar-refractivity contribution in [2.24, 2.45) is 0 Å². The van der Waals surface area contributed by atoms with Crippen molar-refractivity contribution in [3.8, 4) is 10.8 Å². The molecule has 1 aliphatic rings. The summed E-state index contributed by atoms with van der Waals surface area (Å²) >= 11 is 1.53. The van der Waals surface area contributed by atoms with Gasteiger partial charge < -0.3 is 5.32 Å². The summed E-state index contributed by atoms with van der Waals surface area (Å²) in [7, 11) is 0. The number of hydrogen-bond acceptors (Lipinski definition) is 6. The van der Waals surface area contributed by atoms with Gasteiger partial charge in [-0.15, -0.1) is 11.3 Å². The van der Waals surface area contributed by atoms with Crippen LogP contribution in [0.1, 0.15) is 5.69 Å². The molecule has 1 amide bonds. The SMILES string of the molecule is O=C1CN(Cc2csc(-c3ncccn3)n2)CCN1. The molecule has 0 bridgehead atoms. The number of rotatable bonds is 3. The van der Waals surface area contributed by atoms with E-state index >= 15 is 0 Å². The lowest BCUT2D eigenvalue weighted by Crippen LogP contribution is -2.47. The Kier molecular flexibility index (Phi) is 3.47. The Hall–Kier alpha value is -1.86. The molecule has 0 radical (unpaired) electrons. The van der Waals surface area contributed by atoms with Crippen LogP contribution in [0.25, 0.3) is 10.8 Å². The van der Waals surface area contributed by atoms with Crippen molar-refractivity contribution in [1.82, 2.24) is 25.2 Å². The Morgan fingerprint density at radius 2 is 2.21 bits per heavy atom. The molecule has 1 aliphatic heterocycles. The van der Waals surface area contributed by atoms with Crippen LogP contribution in [0, 0.1) is 0 Å². The van der Waals surface area contributed by atoms with Gasteiger partial charge in [0.25, 0.3) is 0 Å². The standard InChI is InChI=1S/C12H13N5OS/c18-10-7-17(5-4-13-10)6-9-8-19-12(16-9)11-14-2-1-3-15-11/h1-3,8H,4-7H2,(H,13,18). The Morgan fingerprint density at radius 1 is 1.37 bits per heavy atom.